The monoisotopic (exact) mass is 602 g/mol. The van der Waals surface area contributed by atoms with Crippen LogP contribution < -0.4 is 34.3 Å². The second kappa shape index (κ2) is 13.9. The molecule has 8 nitrogen and oxygen atoms in total. The van der Waals surface area contributed by atoms with Crippen LogP contribution in [0, 0.1) is 0 Å². The standard InChI is InChI=1S/C23H26N2O6.2ClH.Pd/c1-26-16-9-5-7-14(11-16)20-22(28-3)30-18(24-20)13-19-25-21(23(29-4)31-19)15-8-6-10-17(12-15)27-2;;;/h5-12,20-23H,13H2,1-4H3;2*1H;/q;;;+2/p-2/t20-,21-,22?,23?;;;/m1.../s1. The maximum absolute atomic E-state index is 5.92. The average Bonchev–Trinajstić information content (AvgIpc) is 3.43. The minimum absolute atomic E-state index is 0. The molecule has 0 saturated carbocycles. The summed E-state index contributed by atoms with van der Waals surface area (Å²) in [6, 6.07) is 14.8. The summed E-state index contributed by atoms with van der Waals surface area (Å²) in [5, 5.41) is 0. The van der Waals surface area contributed by atoms with Crippen molar-refractivity contribution in [2.75, 3.05) is 28.4 Å². The van der Waals surface area contributed by atoms with Crippen LogP contribution in [0.3, 0.4) is 0 Å². The van der Waals surface area contributed by atoms with Gasteiger partial charge in [0.1, 0.15) is 23.6 Å². The molecule has 0 aliphatic carbocycles. The van der Waals surface area contributed by atoms with Crippen LogP contribution in [0.2, 0.25) is 0 Å². The van der Waals surface area contributed by atoms with E-state index in [0.29, 0.717) is 18.2 Å². The van der Waals surface area contributed by atoms with E-state index in [1.807, 2.05) is 48.5 Å². The third-order valence-electron chi connectivity index (χ3n) is 5.22. The zero-order valence-electron chi connectivity index (χ0n) is 19.1. The number of nitrogens with zero attached hydrogens (tertiary/aromatic N) is 2. The van der Waals surface area contributed by atoms with E-state index in [1.54, 1.807) is 28.4 Å². The molecule has 0 N–H and O–H groups in total. The van der Waals surface area contributed by atoms with E-state index in [4.69, 9.17) is 38.4 Å². The van der Waals surface area contributed by atoms with Crippen LogP contribution in [0.1, 0.15) is 29.6 Å². The van der Waals surface area contributed by atoms with Crippen molar-refractivity contribution in [3.63, 3.8) is 0 Å². The van der Waals surface area contributed by atoms with Gasteiger partial charge in [0.25, 0.3) is 0 Å². The van der Waals surface area contributed by atoms with Gasteiger partial charge in [0.2, 0.25) is 12.6 Å². The van der Waals surface area contributed by atoms with Gasteiger partial charge in [0.05, 0.1) is 20.6 Å². The van der Waals surface area contributed by atoms with Crippen LogP contribution in [0.5, 0.6) is 11.5 Å². The first-order valence-corrected chi connectivity index (χ1v) is 9.95. The molecule has 34 heavy (non-hydrogen) atoms. The van der Waals surface area contributed by atoms with Crippen LogP contribution in [-0.4, -0.2) is 52.8 Å². The first kappa shape index (κ1) is 30.2. The molecule has 0 fully saturated rings. The maximum atomic E-state index is 5.92. The van der Waals surface area contributed by atoms with Gasteiger partial charge >= 0.3 is 20.4 Å². The van der Waals surface area contributed by atoms with Gasteiger partial charge in [0.15, 0.2) is 11.8 Å². The Bertz CT molecular complexity index is 916. The van der Waals surface area contributed by atoms with Crippen molar-refractivity contribution in [3.05, 3.63) is 59.7 Å². The van der Waals surface area contributed by atoms with Crippen molar-refractivity contribution in [2.45, 2.75) is 31.1 Å². The van der Waals surface area contributed by atoms with Gasteiger partial charge < -0.3 is 53.2 Å². The smallest absolute Gasteiger partial charge is 1.00 e. The Morgan fingerprint density at radius 3 is 1.47 bits per heavy atom. The van der Waals surface area contributed by atoms with E-state index in [0.717, 1.165) is 22.6 Å². The van der Waals surface area contributed by atoms with E-state index in [1.165, 1.54) is 0 Å². The average molecular weight is 604 g/mol. The van der Waals surface area contributed by atoms with Crippen LogP contribution in [0.25, 0.3) is 0 Å². The van der Waals surface area contributed by atoms with Crippen molar-refractivity contribution in [1.82, 2.24) is 0 Å². The van der Waals surface area contributed by atoms with Crippen LogP contribution in [0.4, 0.5) is 0 Å². The van der Waals surface area contributed by atoms with Crippen molar-refractivity contribution >= 4 is 11.8 Å². The molecule has 0 radical (unpaired) electrons. The predicted octanol–water partition coefficient (Wildman–Crippen LogP) is -2.32. The summed E-state index contributed by atoms with van der Waals surface area (Å²) < 4.78 is 33.5. The van der Waals surface area contributed by atoms with E-state index in [2.05, 4.69) is 0 Å². The zero-order chi connectivity index (χ0) is 21.8. The van der Waals surface area contributed by atoms with E-state index >= 15 is 0 Å². The summed E-state index contributed by atoms with van der Waals surface area (Å²) in [7, 11) is 6.46. The quantitative estimate of drug-likeness (QED) is 0.316. The van der Waals surface area contributed by atoms with Gasteiger partial charge in [-0.15, -0.1) is 0 Å². The number of ether oxygens (including phenoxy) is 6. The zero-order valence-corrected chi connectivity index (χ0v) is 22.1. The fourth-order valence-corrected chi connectivity index (χ4v) is 3.66. The molecule has 0 amide bonds. The Hall–Kier alpha value is -1.86. The molecule has 11 heteroatoms. The molecule has 0 bridgehead atoms. The molecule has 2 aliphatic rings. The normalized spacial score (nSPS) is 22.6. The molecule has 2 aliphatic heterocycles. The maximum Gasteiger partial charge on any atom is 2.00 e. The summed E-state index contributed by atoms with van der Waals surface area (Å²) in [6.07, 6.45) is -0.756. The van der Waals surface area contributed by atoms with Crippen molar-refractivity contribution < 1.29 is 73.7 Å². The predicted molar refractivity (Wildman–Crippen MR) is 115 cm³/mol. The molecule has 2 unspecified atom stereocenters. The molecule has 188 valence electrons. The Balaban J connectivity index is 0.00000193. The van der Waals surface area contributed by atoms with Gasteiger partial charge in [-0.25, -0.2) is 9.98 Å². The Morgan fingerprint density at radius 2 is 1.12 bits per heavy atom. The topological polar surface area (TPSA) is 80.1 Å². The SMILES string of the molecule is COc1cccc([C@H]2N=C(CC3=N[C@H](c4cccc(OC)c4)C(OC)O3)OC2OC)c1.[Cl-].[Cl-].[Pd+2]. The molecule has 2 heterocycles. The number of benzene rings is 2. The molecule has 0 aromatic heterocycles. The van der Waals surface area contributed by atoms with Crippen LogP contribution in [0.15, 0.2) is 58.5 Å². The van der Waals surface area contributed by atoms with E-state index < -0.39 is 12.6 Å². The number of methoxy groups -OCH3 is 4. The molecule has 2 aromatic rings. The molecular formula is C23H26Cl2N2O6Pd. The van der Waals surface area contributed by atoms with E-state index in [9.17, 15) is 0 Å². The molecular weight excluding hydrogens is 578 g/mol. The number of rotatable bonds is 8. The number of aliphatic imine (C=N–C) groups is 2. The molecule has 4 atom stereocenters. The largest absolute Gasteiger partial charge is 2.00 e. The Labute approximate surface area is 225 Å². The summed E-state index contributed by atoms with van der Waals surface area (Å²) >= 11 is 0. The van der Waals surface area contributed by atoms with Crippen molar-refractivity contribution in [1.29, 1.82) is 0 Å². The number of hydrogen-bond donors (Lipinski definition) is 0. The molecule has 0 saturated heterocycles. The summed E-state index contributed by atoms with van der Waals surface area (Å²) in [5.74, 6) is 2.51. The second-order valence-corrected chi connectivity index (χ2v) is 7.11. The summed E-state index contributed by atoms with van der Waals surface area (Å²) in [5.41, 5.74) is 1.89. The van der Waals surface area contributed by atoms with Crippen LogP contribution >= 0.6 is 0 Å². The van der Waals surface area contributed by atoms with Gasteiger partial charge in [-0.05, 0) is 35.4 Å². The van der Waals surface area contributed by atoms with E-state index in [-0.39, 0.29) is 57.3 Å². The third kappa shape index (κ3) is 6.63. The number of hydrogen-bond acceptors (Lipinski definition) is 8. The van der Waals surface area contributed by atoms with Gasteiger partial charge in [-0.2, -0.15) is 0 Å². The van der Waals surface area contributed by atoms with Crippen LogP contribution in [-0.2, 0) is 39.4 Å². The number of halogens is 2. The van der Waals surface area contributed by atoms with Crippen molar-refractivity contribution in [2.24, 2.45) is 9.98 Å². The van der Waals surface area contributed by atoms with Crippen molar-refractivity contribution in [3.8, 4) is 11.5 Å². The Morgan fingerprint density at radius 1 is 0.706 bits per heavy atom. The second-order valence-electron chi connectivity index (χ2n) is 7.11. The molecule has 4 rings (SSSR count). The Kier molecular flexibility index (Phi) is 12.3. The van der Waals surface area contributed by atoms with Gasteiger partial charge in [0, 0.05) is 14.2 Å². The third-order valence-corrected chi connectivity index (χ3v) is 5.22. The fourth-order valence-electron chi connectivity index (χ4n) is 3.66. The summed E-state index contributed by atoms with van der Waals surface area (Å²) in [6.45, 7) is 0. The fraction of sp³-hybridized carbons (Fsp3) is 0.391. The van der Waals surface area contributed by atoms with Gasteiger partial charge in [-0.1, -0.05) is 24.3 Å². The first-order chi connectivity index (χ1) is 15.1. The van der Waals surface area contributed by atoms with Gasteiger partial charge in [-0.3, -0.25) is 0 Å². The molecule has 2 aromatic carbocycles. The minimum atomic E-state index is -0.531. The minimum Gasteiger partial charge on any atom is -1.00 e. The molecule has 0 spiro atoms. The first-order valence-electron chi connectivity index (χ1n) is 9.95. The summed E-state index contributed by atoms with van der Waals surface area (Å²) in [4.78, 5) is 9.44.